The van der Waals surface area contributed by atoms with E-state index in [1.54, 1.807) is 0 Å². The summed E-state index contributed by atoms with van der Waals surface area (Å²) in [6.07, 6.45) is 2.60. The van der Waals surface area contributed by atoms with Gasteiger partial charge in [0, 0.05) is 32.1 Å². The lowest BCUT2D eigenvalue weighted by atomic mass is 10.1. The summed E-state index contributed by atoms with van der Waals surface area (Å²) in [5.74, 6) is 1.88. The van der Waals surface area contributed by atoms with Crippen molar-refractivity contribution in [2.75, 3.05) is 19.9 Å². The Balaban J connectivity index is 1.26. The van der Waals surface area contributed by atoms with Gasteiger partial charge < -0.3 is 19.7 Å². The number of nitrogens with one attached hydrogen (secondary N) is 1. The molecule has 0 bridgehead atoms. The highest BCUT2D eigenvalue weighted by atomic mass is 16.7. The molecule has 1 saturated heterocycles. The van der Waals surface area contributed by atoms with Gasteiger partial charge in [0.05, 0.1) is 0 Å². The minimum atomic E-state index is 0.207. The van der Waals surface area contributed by atoms with Crippen LogP contribution in [0.25, 0.3) is 0 Å². The summed E-state index contributed by atoms with van der Waals surface area (Å²) in [6.45, 7) is 4.72. The van der Waals surface area contributed by atoms with E-state index in [2.05, 4.69) is 36.5 Å². The predicted octanol–water partition coefficient (Wildman–Crippen LogP) is 3.05. The van der Waals surface area contributed by atoms with Gasteiger partial charge in [0.15, 0.2) is 11.5 Å². The van der Waals surface area contributed by atoms with Gasteiger partial charge in [-0.2, -0.15) is 0 Å². The third-order valence-corrected chi connectivity index (χ3v) is 5.36. The third kappa shape index (κ3) is 4.25. The molecule has 5 heteroatoms. The van der Waals surface area contributed by atoms with Gasteiger partial charge in [-0.25, -0.2) is 0 Å². The molecule has 2 aromatic carbocycles. The molecule has 0 aromatic heterocycles. The number of ether oxygens (including phenoxy) is 2. The summed E-state index contributed by atoms with van der Waals surface area (Å²) in [5, 5.41) is 3.54. The van der Waals surface area contributed by atoms with E-state index < -0.39 is 0 Å². The van der Waals surface area contributed by atoms with Gasteiger partial charge in [-0.05, 0) is 48.6 Å². The van der Waals surface area contributed by atoms with Crippen LogP contribution in [0.15, 0.2) is 42.5 Å². The van der Waals surface area contributed by atoms with Crippen LogP contribution in [0.5, 0.6) is 11.5 Å². The standard InChI is InChI=1S/C22H26N2O3/c1-16-10-20-21(27-15-26-20)11-18(16)13-23-19-12-22(25)24(14-19)9-5-8-17-6-3-2-4-7-17/h2-4,6-7,10-11,19,23H,5,8-9,12-15H2,1H3. The molecule has 2 heterocycles. The Bertz CT molecular complexity index is 807. The number of carbonyl (C=O) groups is 1. The number of rotatable bonds is 7. The maximum absolute atomic E-state index is 12.3. The molecule has 1 atom stereocenters. The summed E-state index contributed by atoms with van der Waals surface area (Å²) in [6, 6.07) is 14.7. The lowest BCUT2D eigenvalue weighted by molar-refractivity contribution is -0.127. The maximum atomic E-state index is 12.3. The fourth-order valence-electron chi connectivity index (χ4n) is 3.77. The number of likely N-dealkylation sites (tertiary alicyclic amines) is 1. The molecule has 0 saturated carbocycles. The van der Waals surface area contributed by atoms with Gasteiger partial charge in [0.1, 0.15) is 0 Å². The van der Waals surface area contributed by atoms with Crippen molar-refractivity contribution in [3.8, 4) is 11.5 Å². The monoisotopic (exact) mass is 366 g/mol. The van der Waals surface area contributed by atoms with Crippen LogP contribution in [0, 0.1) is 6.92 Å². The molecule has 1 unspecified atom stereocenters. The lowest BCUT2D eigenvalue weighted by Gasteiger charge is -2.17. The van der Waals surface area contributed by atoms with Crippen molar-refractivity contribution >= 4 is 5.91 Å². The summed E-state index contributed by atoms with van der Waals surface area (Å²) in [5.41, 5.74) is 3.70. The number of amides is 1. The second-order valence-corrected chi connectivity index (χ2v) is 7.34. The number of aryl methyl sites for hydroxylation is 2. The topological polar surface area (TPSA) is 50.8 Å². The highest BCUT2D eigenvalue weighted by Crippen LogP contribution is 2.34. The Morgan fingerprint density at radius 3 is 2.74 bits per heavy atom. The Kier molecular flexibility index (Phi) is 5.30. The zero-order chi connectivity index (χ0) is 18.6. The third-order valence-electron chi connectivity index (χ3n) is 5.36. The number of fused-ring (bicyclic) bond motifs is 1. The first kappa shape index (κ1) is 17.9. The van der Waals surface area contributed by atoms with Crippen LogP contribution in [-0.2, 0) is 17.8 Å². The smallest absolute Gasteiger partial charge is 0.231 e. The molecule has 5 nitrogen and oxygen atoms in total. The van der Waals surface area contributed by atoms with Gasteiger partial charge >= 0.3 is 0 Å². The quantitative estimate of drug-likeness (QED) is 0.818. The minimum Gasteiger partial charge on any atom is -0.454 e. The highest BCUT2D eigenvalue weighted by Gasteiger charge is 2.28. The Morgan fingerprint density at radius 2 is 1.93 bits per heavy atom. The second-order valence-electron chi connectivity index (χ2n) is 7.34. The second kappa shape index (κ2) is 8.01. The normalized spacial score (nSPS) is 18.3. The zero-order valence-electron chi connectivity index (χ0n) is 15.7. The van der Waals surface area contributed by atoms with E-state index in [-0.39, 0.29) is 11.9 Å². The zero-order valence-corrected chi connectivity index (χ0v) is 15.7. The van der Waals surface area contributed by atoms with Gasteiger partial charge in [0.25, 0.3) is 0 Å². The highest BCUT2D eigenvalue weighted by molar-refractivity contribution is 5.79. The van der Waals surface area contributed by atoms with E-state index in [1.165, 1.54) is 16.7 Å². The molecule has 0 spiro atoms. The van der Waals surface area contributed by atoms with Crippen LogP contribution in [0.4, 0.5) is 0 Å². The summed E-state index contributed by atoms with van der Waals surface area (Å²) in [7, 11) is 0. The maximum Gasteiger partial charge on any atom is 0.231 e. The Hall–Kier alpha value is -2.53. The molecule has 0 radical (unpaired) electrons. The molecule has 1 N–H and O–H groups in total. The van der Waals surface area contributed by atoms with Crippen molar-refractivity contribution in [2.45, 2.75) is 38.8 Å². The molecule has 2 aliphatic heterocycles. The fraction of sp³-hybridized carbons (Fsp3) is 0.409. The van der Waals surface area contributed by atoms with Crippen molar-refractivity contribution in [1.82, 2.24) is 10.2 Å². The molecule has 1 fully saturated rings. The number of hydrogen-bond donors (Lipinski definition) is 1. The first-order valence-electron chi connectivity index (χ1n) is 9.63. The summed E-state index contributed by atoms with van der Waals surface area (Å²) in [4.78, 5) is 14.3. The van der Waals surface area contributed by atoms with E-state index in [0.29, 0.717) is 13.2 Å². The van der Waals surface area contributed by atoms with Crippen LogP contribution in [0.1, 0.15) is 29.5 Å². The van der Waals surface area contributed by atoms with Crippen molar-refractivity contribution < 1.29 is 14.3 Å². The minimum absolute atomic E-state index is 0.207. The lowest BCUT2D eigenvalue weighted by Crippen LogP contribution is -2.33. The Labute approximate surface area is 160 Å². The van der Waals surface area contributed by atoms with Gasteiger partial charge in [-0.1, -0.05) is 30.3 Å². The molecular weight excluding hydrogens is 340 g/mol. The van der Waals surface area contributed by atoms with E-state index in [1.807, 2.05) is 23.1 Å². The van der Waals surface area contributed by atoms with Crippen LogP contribution in [0.3, 0.4) is 0 Å². The van der Waals surface area contributed by atoms with Crippen LogP contribution >= 0.6 is 0 Å². The number of benzene rings is 2. The van der Waals surface area contributed by atoms with E-state index in [4.69, 9.17) is 9.47 Å². The molecule has 2 aliphatic rings. The molecule has 1 amide bonds. The van der Waals surface area contributed by atoms with E-state index in [9.17, 15) is 4.79 Å². The average molecular weight is 366 g/mol. The molecular formula is C22H26N2O3. The number of carbonyl (C=O) groups excluding carboxylic acids is 1. The summed E-state index contributed by atoms with van der Waals surface area (Å²) < 4.78 is 10.9. The van der Waals surface area contributed by atoms with Crippen LogP contribution < -0.4 is 14.8 Å². The van der Waals surface area contributed by atoms with Gasteiger partial charge in [-0.15, -0.1) is 0 Å². The van der Waals surface area contributed by atoms with E-state index in [0.717, 1.165) is 44.0 Å². The van der Waals surface area contributed by atoms with E-state index >= 15 is 0 Å². The SMILES string of the molecule is Cc1cc2c(cc1CNC1CC(=O)N(CCCc3ccccc3)C1)OCO2. The number of hydrogen-bond acceptors (Lipinski definition) is 4. The van der Waals surface area contributed by atoms with Crippen LogP contribution in [-0.4, -0.2) is 36.7 Å². The molecule has 4 rings (SSSR count). The average Bonchev–Trinajstić information content (AvgIpc) is 3.26. The molecule has 27 heavy (non-hydrogen) atoms. The Morgan fingerprint density at radius 1 is 1.15 bits per heavy atom. The predicted molar refractivity (Wildman–Crippen MR) is 104 cm³/mol. The first-order valence-corrected chi connectivity index (χ1v) is 9.63. The van der Waals surface area contributed by atoms with Crippen LogP contribution in [0.2, 0.25) is 0 Å². The molecule has 2 aromatic rings. The molecule has 142 valence electrons. The largest absolute Gasteiger partial charge is 0.454 e. The van der Waals surface area contributed by atoms with Gasteiger partial charge in [0.2, 0.25) is 12.7 Å². The van der Waals surface area contributed by atoms with Crippen molar-refractivity contribution in [2.24, 2.45) is 0 Å². The molecule has 0 aliphatic carbocycles. The van der Waals surface area contributed by atoms with Crippen molar-refractivity contribution in [3.05, 3.63) is 59.2 Å². The van der Waals surface area contributed by atoms with Crippen molar-refractivity contribution in [1.29, 1.82) is 0 Å². The van der Waals surface area contributed by atoms with Gasteiger partial charge in [-0.3, -0.25) is 4.79 Å². The summed E-state index contributed by atoms with van der Waals surface area (Å²) >= 11 is 0. The van der Waals surface area contributed by atoms with Crippen molar-refractivity contribution in [3.63, 3.8) is 0 Å². The first-order chi connectivity index (χ1) is 13.2. The fourth-order valence-corrected chi connectivity index (χ4v) is 3.77. The number of nitrogens with zero attached hydrogens (tertiary/aromatic N) is 1.